The predicted octanol–water partition coefficient (Wildman–Crippen LogP) is 5.22. The van der Waals surface area contributed by atoms with E-state index in [0.29, 0.717) is 5.56 Å². The Hall–Kier alpha value is -2.59. The standard InChI is InChI=1S/C24H27N3O2.Ni/c1-27-21-12-11-19(29-2)17-20(21)24(14-7-4-8-15-24)22(27)13-16-25-26-23(28)18-9-5-3-6-10-18;/h3,5-6,9-13,16-17H,4,7-8,14-15H2,1-2H3,(H,26,28);/b22-13-,25-16+;. The number of aliphatic hydroxyl groups excluding tert-OH is 1. The maximum atomic E-state index is 10.1. The first kappa shape index (κ1) is 22.1. The summed E-state index contributed by atoms with van der Waals surface area (Å²) < 4.78 is 5.50. The number of anilines is 1. The molecule has 1 aliphatic carbocycles. The van der Waals surface area contributed by atoms with Crippen molar-refractivity contribution in [2.45, 2.75) is 37.5 Å². The number of hydrogen-bond acceptors (Lipinski definition) is 4. The third kappa shape index (κ3) is 4.02. The average Bonchev–Trinajstić information content (AvgIpc) is 2.99. The second-order valence-electron chi connectivity index (χ2n) is 7.69. The van der Waals surface area contributed by atoms with Crippen LogP contribution >= 0.6 is 0 Å². The second-order valence-corrected chi connectivity index (χ2v) is 7.69. The summed E-state index contributed by atoms with van der Waals surface area (Å²) >= 11 is 0. The Balaban J connectivity index is 0.00000256. The van der Waals surface area contributed by atoms with Gasteiger partial charge in [0.1, 0.15) is 5.75 Å². The van der Waals surface area contributed by atoms with Crippen molar-refractivity contribution in [2.75, 3.05) is 19.1 Å². The van der Waals surface area contributed by atoms with Crippen molar-refractivity contribution in [3.63, 3.8) is 0 Å². The predicted molar refractivity (Wildman–Crippen MR) is 118 cm³/mol. The molecule has 1 heterocycles. The summed E-state index contributed by atoms with van der Waals surface area (Å²) in [5, 5.41) is 18.2. The molecular formula is C24H27N3NiO2. The van der Waals surface area contributed by atoms with Crippen molar-refractivity contribution >= 4 is 17.8 Å². The van der Waals surface area contributed by atoms with Crippen molar-refractivity contribution in [2.24, 2.45) is 10.2 Å². The van der Waals surface area contributed by atoms with Gasteiger partial charge in [0.25, 0.3) is 0 Å². The fraction of sp³-hybridized carbons (Fsp3) is 0.333. The molecule has 1 fully saturated rings. The van der Waals surface area contributed by atoms with Gasteiger partial charge in [-0.15, -0.1) is 5.10 Å². The molecule has 1 spiro atoms. The van der Waals surface area contributed by atoms with Crippen LogP contribution in [0.5, 0.6) is 5.75 Å². The van der Waals surface area contributed by atoms with E-state index in [1.165, 1.54) is 36.2 Å². The Morgan fingerprint density at radius 2 is 1.83 bits per heavy atom. The Kier molecular flexibility index (Phi) is 6.99. The van der Waals surface area contributed by atoms with E-state index in [1.807, 2.05) is 30.3 Å². The van der Waals surface area contributed by atoms with Gasteiger partial charge >= 0.3 is 0 Å². The van der Waals surface area contributed by atoms with Crippen molar-refractivity contribution in [3.05, 3.63) is 71.4 Å². The average molecular weight is 448 g/mol. The van der Waals surface area contributed by atoms with Crippen LogP contribution in [0, 0.1) is 0 Å². The molecule has 0 amide bonds. The van der Waals surface area contributed by atoms with Crippen LogP contribution < -0.4 is 9.64 Å². The van der Waals surface area contributed by atoms with Gasteiger partial charge in [0, 0.05) is 45.9 Å². The van der Waals surface area contributed by atoms with E-state index < -0.39 is 0 Å². The van der Waals surface area contributed by atoms with Gasteiger partial charge in [-0.3, -0.25) is 0 Å². The number of likely N-dealkylation sites (N-methyl/N-ethyl adjacent to an activating group) is 1. The monoisotopic (exact) mass is 447 g/mol. The first-order valence-electron chi connectivity index (χ1n) is 10.1. The zero-order chi connectivity index (χ0) is 20.3. The molecule has 0 atom stereocenters. The molecule has 1 saturated carbocycles. The molecule has 1 aliphatic heterocycles. The topological polar surface area (TPSA) is 57.4 Å². The largest absolute Gasteiger partial charge is 0.497 e. The molecule has 0 unspecified atom stereocenters. The van der Waals surface area contributed by atoms with E-state index >= 15 is 0 Å². The van der Waals surface area contributed by atoms with Gasteiger partial charge in [-0.25, -0.2) is 0 Å². The molecule has 0 aromatic heterocycles. The zero-order valence-electron chi connectivity index (χ0n) is 17.3. The number of allylic oxidation sites excluding steroid dienone is 2. The first-order chi connectivity index (χ1) is 14.2. The van der Waals surface area contributed by atoms with Gasteiger partial charge < -0.3 is 14.7 Å². The van der Waals surface area contributed by atoms with Crippen molar-refractivity contribution in [1.82, 2.24) is 0 Å². The molecule has 0 radical (unpaired) electrons. The maximum absolute atomic E-state index is 10.1. The minimum absolute atomic E-state index is 0. The third-order valence-electron chi connectivity index (χ3n) is 6.12. The zero-order valence-corrected chi connectivity index (χ0v) is 18.3. The Morgan fingerprint density at radius 1 is 1.10 bits per heavy atom. The van der Waals surface area contributed by atoms with Crippen LogP contribution in [-0.4, -0.2) is 31.4 Å². The van der Waals surface area contributed by atoms with E-state index in [-0.39, 0.29) is 27.8 Å². The van der Waals surface area contributed by atoms with Crippen LogP contribution in [0.1, 0.15) is 43.2 Å². The molecule has 2 aliphatic rings. The molecular weight excluding hydrogens is 421 g/mol. The van der Waals surface area contributed by atoms with Crippen LogP contribution in [0.2, 0.25) is 0 Å². The maximum Gasteiger partial charge on any atom is 0.238 e. The van der Waals surface area contributed by atoms with E-state index in [4.69, 9.17) is 4.74 Å². The summed E-state index contributed by atoms with van der Waals surface area (Å²) in [5.41, 5.74) is 4.45. The number of ether oxygens (including phenoxy) is 1. The summed E-state index contributed by atoms with van der Waals surface area (Å²) in [6.07, 6.45) is 9.68. The van der Waals surface area contributed by atoms with Gasteiger partial charge in [-0.05, 0) is 54.8 Å². The van der Waals surface area contributed by atoms with Gasteiger partial charge in [-0.2, -0.15) is 5.10 Å². The minimum Gasteiger partial charge on any atom is -0.497 e. The smallest absolute Gasteiger partial charge is 0.238 e. The number of aliphatic hydroxyl groups is 1. The molecule has 2 aromatic carbocycles. The number of benzene rings is 2. The Bertz CT molecular complexity index is 964. The second kappa shape index (κ2) is 9.48. The van der Waals surface area contributed by atoms with Gasteiger partial charge in [0.2, 0.25) is 5.90 Å². The summed E-state index contributed by atoms with van der Waals surface area (Å²) in [6, 6.07) is 15.6. The summed E-state index contributed by atoms with van der Waals surface area (Å²) in [5.74, 6) is 0.815. The van der Waals surface area contributed by atoms with Gasteiger partial charge in [0.15, 0.2) is 0 Å². The van der Waals surface area contributed by atoms with Crippen LogP contribution in [0.15, 0.2) is 70.5 Å². The van der Waals surface area contributed by atoms with Crippen molar-refractivity contribution in [1.29, 1.82) is 0 Å². The molecule has 2 aromatic rings. The number of methoxy groups -OCH3 is 1. The molecule has 5 nitrogen and oxygen atoms in total. The number of nitrogens with zero attached hydrogens (tertiary/aromatic N) is 3. The SMILES string of the molecule is COc1ccc2c(c1)C1(CCCCC1)/C(=C/C=N/N=C(\O)c1ccccc1)N2C.[Ni]. The third-order valence-corrected chi connectivity index (χ3v) is 6.12. The van der Waals surface area contributed by atoms with Crippen molar-refractivity contribution < 1.29 is 26.3 Å². The Morgan fingerprint density at radius 3 is 2.53 bits per heavy atom. The molecule has 0 saturated heterocycles. The van der Waals surface area contributed by atoms with E-state index in [1.54, 1.807) is 25.5 Å². The number of rotatable bonds is 4. The van der Waals surface area contributed by atoms with Crippen LogP contribution in [-0.2, 0) is 21.9 Å². The van der Waals surface area contributed by atoms with E-state index in [9.17, 15) is 5.11 Å². The number of fused-ring (bicyclic) bond motifs is 2. The molecule has 0 bridgehead atoms. The Labute approximate surface area is 188 Å². The molecule has 160 valence electrons. The van der Waals surface area contributed by atoms with E-state index in [0.717, 1.165) is 18.6 Å². The summed E-state index contributed by atoms with van der Waals surface area (Å²) in [6.45, 7) is 0. The fourth-order valence-electron chi connectivity index (χ4n) is 4.70. The van der Waals surface area contributed by atoms with Crippen LogP contribution in [0.3, 0.4) is 0 Å². The van der Waals surface area contributed by atoms with Gasteiger partial charge in [-0.1, -0.05) is 37.5 Å². The molecule has 1 N–H and O–H groups in total. The normalized spacial score (nSPS) is 19.2. The quantitative estimate of drug-likeness (QED) is 0.302. The summed E-state index contributed by atoms with van der Waals surface area (Å²) in [7, 11) is 3.83. The molecule has 4 rings (SSSR count). The van der Waals surface area contributed by atoms with Crippen LogP contribution in [0.25, 0.3) is 0 Å². The minimum atomic E-state index is -0.0829. The van der Waals surface area contributed by atoms with Gasteiger partial charge in [0.05, 0.1) is 13.3 Å². The van der Waals surface area contributed by atoms with Crippen LogP contribution in [0.4, 0.5) is 5.69 Å². The van der Waals surface area contributed by atoms with E-state index in [2.05, 4.69) is 34.3 Å². The summed E-state index contributed by atoms with van der Waals surface area (Å²) in [4.78, 5) is 2.26. The molecule has 30 heavy (non-hydrogen) atoms. The van der Waals surface area contributed by atoms with Crippen molar-refractivity contribution in [3.8, 4) is 5.75 Å². The fourth-order valence-corrected chi connectivity index (χ4v) is 4.70. The number of hydrogen-bond donors (Lipinski definition) is 1. The molecule has 6 heteroatoms. The first-order valence-corrected chi connectivity index (χ1v) is 10.1.